The van der Waals surface area contributed by atoms with Crippen LogP contribution in [0.2, 0.25) is 0 Å². The minimum atomic E-state index is -1.95. The van der Waals surface area contributed by atoms with Crippen molar-refractivity contribution in [3.05, 3.63) is 16.7 Å². The van der Waals surface area contributed by atoms with Crippen LogP contribution in [0.3, 0.4) is 0 Å². The number of hydrogen-bond donors (Lipinski definition) is 5. The van der Waals surface area contributed by atoms with E-state index >= 15 is 0 Å². The van der Waals surface area contributed by atoms with Gasteiger partial charge in [-0.3, -0.25) is 14.3 Å². The molecular formula is C10H13N5O5. The van der Waals surface area contributed by atoms with E-state index in [1.54, 1.807) is 0 Å². The summed E-state index contributed by atoms with van der Waals surface area (Å²) in [5.41, 5.74) is 4.92. The molecule has 1 aliphatic rings. The minimum Gasteiger partial charge on any atom is -0.394 e. The first-order valence-corrected chi connectivity index (χ1v) is 5.87. The number of nitrogen functional groups attached to an aromatic ring is 1. The minimum absolute atomic E-state index is 0.0156. The summed E-state index contributed by atoms with van der Waals surface area (Å²) in [6.07, 6.45) is -1.02. The highest BCUT2D eigenvalue weighted by atomic mass is 16.7. The predicted octanol–water partition coefficient (Wildman–Crippen LogP) is -2.55. The van der Waals surface area contributed by atoms with Crippen molar-refractivity contribution in [1.82, 2.24) is 19.5 Å². The second kappa shape index (κ2) is 4.24. The molecule has 0 spiro atoms. The van der Waals surface area contributed by atoms with Crippen LogP contribution in [0.4, 0.5) is 5.95 Å². The SMILES string of the molecule is Nc1nc2c(ncn2[C@@]2(O)C[C@H](O)[C@@H](CO)O2)c(=O)[nH]1. The smallest absolute Gasteiger partial charge is 0.280 e. The number of aliphatic hydroxyl groups is 3. The van der Waals surface area contributed by atoms with Gasteiger partial charge in [-0.1, -0.05) is 0 Å². The Balaban J connectivity index is 2.14. The van der Waals surface area contributed by atoms with E-state index in [-0.39, 0.29) is 23.5 Å². The van der Waals surface area contributed by atoms with Crippen LogP contribution in [-0.2, 0) is 10.6 Å². The Morgan fingerprint density at radius 3 is 3.05 bits per heavy atom. The average molecular weight is 283 g/mol. The van der Waals surface area contributed by atoms with Gasteiger partial charge in [0, 0.05) is 0 Å². The van der Waals surface area contributed by atoms with Crippen molar-refractivity contribution in [2.45, 2.75) is 24.5 Å². The van der Waals surface area contributed by atoms with Gasteiger partial charge in [-0.25, -0.2) is 4.98 Å². The molecule has 10 heteroatoms. The molecule has 0 saturated carbocycles. The molecule has 0 unspecified atom stereocenters. The number of hydrogen-bond acceptors (Lipinski definition) is 8. The Morgan fingerprint density at radius 1 is 1.65 bits per heavy atom. The average Bonchev–Trinajstić information content (AvgIpc) is 2.91. The molecular weight excluding hydrogens is 270 g/mol. The second-order valence-corrected chi connectivity index (χ2v) is 4.59. The van der Waals surface area contributed by atoms with Gasteiger partial charge in [0.15, 0.2) is 11.2 Å². The summed E-state index contributed by atoms with van der Waals surface area (Å²) >= 11 is 0. The highest BCUT2D eigenvalue weighted by Crippen LogP contribution is 2.34. The molecule has 1 aliphatic heterocycles. The first kappa shape index (κ1) is 13.0. The Bertz CT molecular complexity index is 712. The van der Waals surface area contributed by atoms with Crippen LogP contribution in [0.1, 0.15) is 6.42 Å². The number of anilines is 1. The third kappa shape index (κ3) is 1.78. The van der Waals surface area contributed by atoms with Gasteiger partial charge in [0.2, 0.25) is 5.95 Å². The maximum absolute atomic E-state index is 11.7. The fourth-order valence-corrected chi connectivity index (χ4v) is 2.27. The molecule has 1 fully saturated rings. The largest absolute Gasteiger partial charge is 0.394 e. The van der Waals surface area contributed by atoms with Crippen LogP contribution < -0.4 is 11.3 Å². The van der Waals surface area contributed by atoms with E-state index in [1.165, 1.54) is 6.33 Å². The van der Waals surface area contributed by atoms with Crippen molar-refractivity contribution in [1.29, 1.82) is 0 Å². The molecule has 6 N–H and O–H groups in total. The summed E-state index contributed by atoms with van der Waals surface area (Å²) in [6.45, 7) is -0.452. The first-order chi connectivity index (χ1) is 9.44. The summed E-state index contributed by atoms with van der Waals surface area (Å²) in [5, 5.41) is 29.2. The van der Waals surface area contributed by atoms with Crippen LogP contribution in [0.15, 0.2) is 11.1 Å². The zero-order valence-corrected chi connectivity index (χ0v) is 10.2. The fraction of sp³-hybridized carbons (Fsp3) is 0.500. The van der Waals surface area contributed by atoms with E-state index in [1.807, 2.05) is 0 Å². The fourth-order valence-electron chi connectivity index (χ4n) is 2.27. The topological polar surface area (TPSA) is 160 Å². The lowest BCUT2D eigenvalue weighted by Crippen LogP contribution is -2.34. The molecule has 0 bridgehead atoms. The van der Waals surface area contributed by atoms with Crippen molar-refractivity contribution in [2.24, 2.45) is 0 Å². The number of fused-ring (bicyclic) bond motifs is 1. The third-order valence-electron chi connectivity index (χ3n) is 3.23. The summed E-state index contributed by atoms with van der Waals surface area (Å²) in [4.78, 5) is 21.7. The van der Waals surface area contributed by atoms with Gasteiger partial charge in [-0.05, 0) is 0 Å². The molecule has 108 valence electrons. The van der Waals surface area contributed by atoms with Gasteiger partial charge in [0.05, 0.1) is 19.1 Å². The van der Waals surface area contributed by atoms with Crippen molar-refractivity contribution in [3.8, 4) is 0 Å². The Labute approximate surface area is 111 Å². The number of aliphatic hydroxyl groups excluding tert-OH is 2. The molecule has 2 aromatic rings. The number of rotatable bonds is 2. The van der Waals surface area contributed by atoms with Crippen LogP contribution in [0, 0.1) is 0 Å². The number of aromatic amines is 1. The van der Waals surface area contributed by atoms with E-state index in [4.69, 9.17) is 15.6 Å². The lowest BCUT2D eigenvalue weighted by molar-refractivity contribution is -0.254. The Kier molecular flexibility index (Phi) is 2.76. The number of nitrogens with one attached hydrogen (secondary N) is 1. The summed E-state index contributed by atoms with van der Waals surface area (Å²) in [5.74, 6) is -2.08. The quantitative estimate of drug-likeness (QED) is 0.402. The molecule has 3 heterocycles. The lowest BCUT2D eigenvalue weighted by atomic mass is 10.2. The van der Waals surface area contributed by atoms with Crippen LogP contribution in [-0.4, -0.2) is 53.7 Å². The normalized spacial score (nSPS) is 30.1. The van der Waals surface area contributed by atoms with E-state index < -0.39 is 30.3 Å². The molecule has 0 radical (unpaired) electrons. The van der Waals surface area contributed by atoms with E-state index in [9.17, 15) is 15.0 Å². The third-order valence-corrected chi connectivity index (χ3v) is 3.23. The molecule has 0 aliphatic carbocycles. The van der Waals surface area contributed by atoms with Gasteiger partial charge in [0.1, 0.15) is 12.4 Å². The van der Waals surface area contributed by atoms with Crippen molar-refractivity contribution < 1.29 is 20.1 Å². The number of ether oxygens (including phenoxy) is 1. The van der Waals surface area contributed by atoms with Crippen molar-refractivity contribution in [3.63, 3.8) is 0 Å². The van der Waals surface area contributed by atoms with E-state index in [0.717, 1.165) is 4.57 Å². The maximum atomic E-state index is 11.7. The monoisotopic (exact) mass is 283 g/mol. The Morgan fingerprint density at radius 2 is 2.40 bits per heavy atom. The molecule has 10 nitrogen and oxygen atoms in total. The van der Waals surface area contributed by atoms with Crippen molar-refractivity contribution >= 4 is 17.1 Å². The Hall–Kier alpha value is -2.01. The molecule has 2 aromatic heterocycles. The maximum Gasteiger partial charge on any atom is 0.280 e. The standard InChI is InChI=1S/C10H13N5O5/c11-9-13-7-6(8(18)14-9)12-3-15(7)10(19)1-4(17)5(2-16)20-10/h3-5,16-17,19H,1-2H2,(H3,11,13,14,18)/t4-,5+,10+/m0/s1. The van der Waals surface area contributed by atoms with Gasteiger partial charge in [-0.15, -0.1) is 0 Å². The highest BCUT2D eigenvalue weighted by molar-refractivity contribution is 5.70. The molecule has 0 amide bonds. The second-order valence-electron chi connectivity index (χ2n) is 4.59. The van der Waals surface area contributed by atoms with Crippen LogP contribution in [0.5, 0.6) is 0 Å². The van der Waals surface area contributed by atoms with Crippen LogP contribution >= 0.6 is 0 Å². The molecule has 3 atom stereocenters. The van der Waals surface area contributed by atoms with Crippen LogP contribution in [0.25, 0.3) is 11.2 Å². The summed E-state index contributed by atoms with van der Waals surface area (Å²) < 4.78 is 6.33. The number of imidazole rings is 1. The van der Waals surface area contributed by atoms with Gasteiger partial charge in [0.25, 0.3) is 11.5 Å². The molecule has 3 rings (SSSR count). The number of nitrogens with two attached hydrogens (primary N) is 1. The highest BCUT2D eigenvalue weighted by Gasteiger charge is 2.47. The number of nitrogens with zero attached hydrogens (tertiary/aromatic N) is 3. The van der Waals surface area contributed by atoms with Gasteiger partial charge in [-0.2, -0.15) is 4.98 Å². The summed E-state index contributed by atoms with van der Waals surface area (Å²) in [7, 11) is 0. The lowest BCUT2D eigenvalue weighted by Gasteiger charge is -2.23. The van der Waals surface area contributed by atoms with Crippen molar-refractivity contribution in [2.75, 3.05) is 12.3 Å². The zero-order valence-electron chi connectivity index (χ0n) is 10.2. The van der Waals surface area contributed by atoms with E-state index in [0.29, 0.717) is 0 Å². The predicted molar refractivity (Wildman–Crippen MR) is 65.3 cm³/mol. The first-order valence-electron chi connectivity index (χ1n) is 5.87. The zero-order chi connectivity index (χ0) is 14.5. The van der Waals surface area contributed by atoms with E-state index in [2.05, 4.69) is 15.0 Å². The number of aromatic nitrogens is 4. The molecule has 0 aromatic carbocycles. The number of H-pyrrole nitrogens is 1. The summed E-state index contributed by atoms with van der Waals surface area (Å²) in [6, 6.07) is 0. The molecule has 1 saturated heterocycles. The molecule has 20 heavy (non-hydrogen) atoms. The van der Waals surface area contributed by atoms with Gasteiger partial charge >= 0.3 is 0 Å². The van der Waals surface area contributed by atoms with Gasteiger partial charge < -0.3 is 25.8 Å².